The Morgan fingerprint density at radius 1 is 1.43 bits per heavy atom. The molecule has 2 heterocycles. The minimum absolute atomic E-state index is 0.283. The topological polar surface area (TPSA) is 87.5 Å². The molecule has 0 bridgehead atoms. The van der Waals surface area contributed by atoms with E-state index >= 15 is 0 Å². The number of carbonyl (C=O) groups excluding carboxylic acids is 1. The first kappa shape index (κ1) is 13.8. The van der Waals surface area contributed by atoms with Crippen LogP contribution >= 0.6 is 0 Å². The summed E-state index contributed by atoms with van der Waals surface area (Å²) in [6.07, 6.45) is 0.503. The largest absolute Gasteiger partial charge is 0.336 e. The molecule has 0 atom stereocenters. The molecule has 1 fully saturated rings. The highest BCUT2D eigenvalue weighted by Crippen LogP contribution is 2.45. The van der Waals surface area contributed by atoms with Gasteiger partial charge >= 0.3 is 0 Å². The first-order valence-electron chi connectivity index (χ1n) is 6.60. The summed E-state index contributed by atoms with van der Waals surface area (Å²) < 4.78 is 24.5. The fourth-order valence-electron chi connectivity index (χ4n) is 2.67. The van der Waals surface area contributed by atoms with E-state index in [1.54, 1.807) is 0 Å². The Bertz CT molecular complexity index is 624. The van der Waals surface area contributed by atoms with Gasteiger partial charge in [0.1, 0.15) is 5.82 Å². The highest BCUT2D eigenvalue weighted by atomic mass is 19.1. The zero-order valence-corrected chi connectivity index (χ0v) is 11.2. The van der Waals surface area contributed by atoms with E-state index in [9.17, 15) is 9.18 Å². The van der Waals surface area contributed by atoms with Gasteiger partial charge in [0.25, 0.3) is 11.7 Å². The van der Waals surface area contributed by atoms with Crippen molar-refractivity contribution in [2.75, 3.05) is 31.2 Å². The number of ether oxygens (including phenoxy) is 2. The number of azide groups is 1. The fraction of sp³-hybridized carbons (Fsp3) is 0.462. The normalized spacial score (nSPS) is 18.9. The van der Waals surface area contributed by atoms with E-state index in [0.29, 0.717) is 24.2 Å². The van der Waals surface area contributed by atoms with Crippen LogP contribution in [0.1, 0.15) is 12.0 Å². The van der Waals surface area contributed by atoms with Crippen LogP contribution in [-0.2, 0) is 20.1 Å². The van der Waals surface area contributed by atoms with Crippen LogP contribution in [0, 0.1) is 5.82 Å². The van der Waals surface area contributed by atoms with Crippen molar-refractivity contribution in [1.29, 1.82) is 0 Å². The van der Waals surface area contributed by atoms with Gasteiger partial charge in [0.15, 0.2) is 0 Å². The quantitative estimate of drug-likeness (QED) is 0.368. The Labute approximate surface area is 119 Å². The lowest BCUT2D eigenvalue weighted by molar-refractivity contribution is -0.180. The van der Waals surface area contributed by atoms with Crippen LogP contribution in [0.15, 0.2) is 23.3 Å². The average Bonchev–Trinajstić information content (AvgIpc) is 3.05. The molecule has 0 aliphatic carbocycles. The van der Waals surface area contributed by atoms with E-state index < -0.39 is 11.6 Å². The van der Waals surface area contributed by atoms with Crippen molar-refractivity contribution in [3.63, 3.8) is 0 Å². The van der Waals surface area contributed by atoms with Crippen LogP contribution in [0.3, 0.4) is 0 Å². The van der Waals surface area contributed by atoms with Crippen molar-refractivity contribution in [2.45, 2.75) is 12.2 Å². The maximum absolute atomic E-state index is 13.5. The van der Waals surface area contributed by atoms with Crippen LogP contribution in [-0.4, -0.2) is 32.2 Å². The average molecular weight is 292 g/mol. The van der Waals surface area contributed by atoms with Crippen molar-refractivity contribution in [1.82, 2.24) is 0 Å². The lowest BCUT2D eigenvalue weighted by Gasteiger charge is -2.21. The third-order valence-electron chi connectivity index (χ3n) is 3.53. The van der Waals surface area contributed by atoms with Gasteiger partial charge in [-0.05, 0) is 30.2 Å². The van der Waals surface area contributed by atoms with Crippen LogP contribution in [0.25, 0.3) is 10.4 Å². The zero-order valence-electron chi connectivity index (χ0n) is 11.2. The van der Waals surface area contributed by atoms with Gasteiger partial charge in [-0.2, -0.15) is 0 Å². The molecule has 0 N–H and O–H groups in total. The van der Waals surface area contributed by atoms with Gasteiger partial charge in [-0.1, -0.05) is 5.11 Å². The van der Waals surface area contributed by atoms with E-state index in [1.807, 2.05) is 0 Å². The van der Waals surface area contributed by atoms with Crippen LogP contribution in [0.4, 0.5) is 10.1 Å². The van der Waals surface area contributed by atoms with E-state index in [0.717, 1.165) is 0 Å². The summed E-state index contributed by atoms with van der Waals surface area (Å²) in [5.74, 6) is -2.33. The fourth-order valence-corrected chi connectivity index (χ4v) is 2.67. The van der Waals surface area contributed by atoms with Crippen LogP contribution in [0.5, 0.6) is 0 Å². The number of benzene rings is 1. The first-order chi connectivity index (χ1) is 10.2. The van der Waals surface area contributed by atoms with Gasteiger partial charge in [0.05, 0.1) is 18.9 Å². The lowest BCUT2D eigenvalue weighted by atomic mass is 10.1. The smallest absolute Gasteiger partial charge is 0.292 e. The molecule has 0 unspecified atom stereocenters. The first-order valence-corrected chi connectivity index (χ1v) is 6.60. The van der Waals surface area contributed by atoms with Crippen molar-refractivity contribution >= 4 is 11.6 Å². The van der Waals surface area contributed by atoms with E-state index in [-0.39, 0.29) is 25.7 Å². The van der Waals surface area contributed by atoms with E-state index in [2.05, 4.69) is 10.0 Å². The van der Waals surface area contributed by atoms with Gasteiger partial charge in [0, 0.05) is 23.6 Å². The van der Waals surface area contributed by atoms with Gasteiger partial charge in [-0.3, -0.25) is 4.79 Å². The second kappa shape index (κ2) is 5.33. The molecular formula is C13H13FN4O3. The molecule has 8 heteroatoms. The number of carbonyl (C=O) groups is 1. The molecule has 0 aromatic heterocycles. The number of fused-ring (bicyclic) bond motifs is 2. The molecule has 2 aliphatic heterocycles. The molecule has 1 spiro atoms. The molecule has 2 aliphatic rings. The number of amides is 1. The Morgan fingerprint density at radius 2 is 2.19 bits per heavy atom. The summed E-state index contributed by atoms with van der Waals surface area (Å²) in [4.78, 5) is 16.8. The number of nitrogens with zero attached hydrogens (tertiary/aromatic N) is 4. The molecule has 21 heavy (non-hydrogen) atoms. The number of halogens is 1. The molecule has 0 saturated carbocycles. The molecule has 110 valence electrons. The number of rotatable bonds is 4. The third-order valence-corrected chi connectivity index (χ3v) is 3.53. The molecule has 1 saturated heterocycles. The molecule has 1 amide bonds. The van der Waals surface area contributed by atoms with Crippen LogP contribution in [0.2, 0.25) is 0 Å². The monoisotopic (exact) mass is 292 g/mol. The molecular weight excluding hydrogens is 279 g/mol. The van der Waals surface area contributed by atoms with E-state index in [4.69, 9.17) is 15.0 Å². The maximum Gasteiger partial charge on any atom is 0.292 e. The predicted molar refractivity (Wildman–Crippen MR) is 71.0 cm³/mol. The van der Waals surface area contributed by atoms with Gasteiger partial charge in [-0.25, -0.2) is 4.39 Å². The number of hydrogen-bond donors (Lipinski definition) is 0. The Morgan fingerprint density at radius 3 is 2.90 bits per heavy atom. The summed E-state index contributed by atoms with van der Waals surface area (Å²) in [6, 6.07) is 4.10. The minimum atomic E-state index is -1.52. The summed E-state index contributed by atoms with van der Waals surface area (Å²) in [5.41, 5.74) is 9.23. The number of anilines is 1. The maximum atomic E-state index is 13.5. The van der Waals surface area contributed by atoms with Gasteiger partial charge in [-0.15, -0.1) is 0 Å². The van der Waals surface area contributed by atoms with Crippen molar-refractivity contribution < 1.29 is 18.7 Å². The molecule has 1 aromatic carbocycles. The van der Waals surface area contributed by atoms with Crippen LogP contribution < -0.4 is 4.90 Å². The Balaban J connectivity index is 1.93. The summed E-state index contributed by atoms with van der Waals surface area (Å²) in [7, 11) is 0. The second-order valence-electron chi connectivity index (χ2n) is 4.74. The SMILES string of the molecule is [N-]=[N+]=NCCCN1C(=O)C2(OCCO2)c2cc(F)ccc21. The Hall–Kier alpha value is -2.15. The standard InChI is InChI=1S/C13H13FN4O3/c14-9-2-3-11-10(8-9)13(20-6-7-21-13)12(19)18(11)5-1-4-16-17-15/h2-3,8H,1,4-7H2. The summed E-state index contributed by atoms with van der Waals surface area (Å²) in [6.45, 7) is 1.21. The highest BCUT2D eigenvalue weighted by Gasteiger charge is 2.55. The Kier molecular flexibility index (Phi) is 3.50. The molecule has 1 aromatic rings. The van der Waals surface area contributed by atoms with Crippen molar-refractivity contribution in [3.8, 4) is 0 Å². The third kappa shape index (κ3) is 2.13. The second-order valence-corrected chi connectivity index (χ2v) is 4.74. The van der Waals surface area contributed by atoms with Crippen molar-refractivity contribution in [2.24, 2.45) is 5.11 Å². The summed E-state index contributed by atoms with van der Waals surface area (Å²) in [5, 5.41) is 3.44. The van der Waals surface area contributed by atoms with Gasteiger partial charge in [0.2, 0.25) is 0 Å². The minimum Gasteiger partial charge on any atom is -0.336 e. The predicted octanol–water partition coefficient (Wildman–Crippen LogP) is 2.07. The molecule has 3 rings (SSSR count). The zero-order chi connectivity index (χ0) is 14.9. The highest BCUT2D eigenvalue weighted by molar-refractivity contribution is 6.06. The summed E-state index contributed by atoms with van der Waals surface area (Å²) >= 11 is 0. The molecule has 0 radical (unpaired) electrons. The van der Waals surface area contributed by atoms with Gasteiger partial charge < -0.3 is 14.4 Å². The van der Waals surface area contributed by atoms with Crippen molar-refractivity contribution in [3.05, 3.63) is 40.0 Å². The van der Waals surface area contributed by atoms with E-state index in [1.165, 1.54) is 23.1 Å². The molecule has 7 nitrogen and oxygen atoms in total. The number of hydrogen-bond acceptors (Lipinski definition) is 4. The lowest BCUT2D eigenvalue weighted by Crippen LogP contribution is -2.41.